The standard InChI is InChI=1S/C27H24F4N8O/c28-23-20(2-8-35-24(23)27(29,30)31)25(40)37-9-3-18(4-10-37)38-15-26(16-38,5-6-32)39-14-17(11-36-39)21-12-33-13-22-19(21)1-7-34-22/h1-2,7-8,11-12,14,18H,3-5,9-10,13,15-16H2. The first-order valence-corrected chi connectivity index (χ1v) is 12.9. The average Bonchev–Trinajstić information content (AvgIpc) is 3.60. The lowest BCUT2D eigenvalue weighted by Gasteiger charge is -2.53. The van der Waals surface area contributed by atoms with Gasteiger partial charge >= 0.3 is 6.18 Å². The molecule has 0 spiro atoms. The minimum absolute atomic E-state index is 0.122. The molecule has 2 aromatic heterocycles. The van der Waals surface area contributed by atoms with Crippen molar-refractivity contribution in [2.75, 3.05) is 32.7 Å². The Morgan fingerprint density at radius 1 is 1.20 bits per heavy atom. The smallest absolute Gasteiger partial charge is 0.338 e. The molecule has 2 aromatic rings. The Morgan fingerprint density at radius 3 is 2.70 bits per heavy atom. The molecule has 40 heavy (non-hydrogen) atoms. The molecule has 0 atom stereocenters. The maximum absolute atomic E-state index is 14.5. The summed E-state index contributed by atoms with van der Waals surface area (Å²) in [6.45, 7) is 2.31. The molecule has 2 saturated heterocycles. The number of likely N-dealkylation sites (tertiary alicyclic amines) is 2. The Bertz CT molecular complexity index is 1520. The van der Waals surface area contributed by atoms with E-state index in [-0.39, 0.29) is 25.6 Å². The highest BCUT2D eigenvalue weighted by Gasteiger charge is 2.48. The molecule has 0 radical (unpaired) electrons. The minimum Gasteiger partial charge on any atom is -0.338 e. The number of pyridine rings is 1. The van der Waals surface area contributed by atoms with Crippen molar-refractivity contribution in [2.24, 2.45) is 9.98 Å². The van der Waals surface area contributed by atoms with Crippen LogP contribution in [0.2, 0.25) is 0 Å². The Kier molecular flexibility index (Phi) is 6.37. The van der Waals surface area contributed by atoms with Crippen LogP contribution in [0.25, 0.3) is 5.57 Å². The zero-order valence-electron chi connectivity index (χ0n) is 21.3. The third-order valence-corrected chi connectivity index (χ3v) is 7.97. The molecule has 206 valence electrons. The van der Waals surface area contributed by atoms with Gasteiger partial charge in [-0.2, -0.15) is 23.5 Å². The topological polar surface area (TPSA) is 103 Å². The van der Waals surface area contributed by atoms with E-state index in [1.54, 1.807) is 12.4 Å². The van der Waals surface area contributed by atoms with Gasteiger partial charge in [0.05, 0.1) is 36.5 Å². The van der Waals surface area contributed by atoms with Crippen LogP contribution in [-0.2, 0) is 11.7 Å². The van der Waals surface area contributed by atoms with Crippen molar-refractivity contribution in [3.8, 4) is 6.07 Å². The van der Waals surface area contributed by atoms with E-state index in [1.807, 2.05) is 23.2 Å². The molecule has 0 saturated carbocycles. The molecule has 9 nitrogen and oxygen atoms in total. The van der Waals surface area contributed by atoms with Crippen LogP contribution in [0.1, 0.15) is 40.9 Å². The van der Waals surface area contributed by atoms with E-state index in [4.69, 9.17) is 0 Å². The van der Waals surface area contributed by atoms with Gasteiger partial charge in [-0.15, -0.1) is 0 Å². The van der Waals surface area contributed by atoms with Crippen LogP contribution in [-0.4, -0.2) is 81.2 Å². The van der Waals surface area contributed by atoms with E-state index < -0.39 is 34.7 Å². The maximum atomic E-state index is 14.5. The second kappa shape index (κ2) is 9.78. The molecule has 0 unspecified atom stereocenters. The van der Waals surface area contributed by atoms with Crippen LogP contribution in [0.3, 0.4) is 0 Å². The monoisotopic (exact) mass is 552 g/mol. The molecule has 6 rings (SSSR count). The highest BCUT2D eigenvalue weighted by atomic mass is 19.4. The lowest BCUT2D eigenvalue weighted by atomic mass is 9.83. The predicted molar refractivity (Wildman–Crippen MR) is 137 cm³/mol. The van der Waals surface area contributed by atoms with E-state index in [1.165, 1.54) is 4.90 Å². The summed E-state index contributed by atoms with van der Waals surface area (Å²) in [4.78, 5) is 28.3. The predicted octanol–water partition coefficient (Wildman–Crippen LogP) is 3.47. The summed E-state index contributed by atoms with van der Waals surface area (Å²) >= 11 is 0. The zero-order chi connectivity index (χ0) is 28.1. The van der Waals surface area contributed by atoms with Crippen LogP contribution in [0.15, 0.2) is 52.5 Å². The molecule has 13 heteroatoms. The van der Waals surface area contributed by atoms with Gasteiger partial charge in [-0.3, -0.25) is 24.4 Å². The van der Waals surface area contributed by atoms with Crippen LogP contribution < -0.4 is 0 Å². The highest BCUT2D eigenvalue weighted by molar-refractivity contribution is 6.26. The first kappa shape index (κ1) is 26.1. The fraction of sp³-hybridized carbons (Fsp3) is 0.407. The Balaban J connectivity index is 1.11. The lowest BCUT2D eigenvalue weighted by Crippen LogP contribution is -2.66. The van der Waals surface area contributed by atoms with Gasteiger partial charge < -0.3 is 4.90 Å². The SMILES string of the molecule is N#CCC1(n2cc(C3=C4C=CN=C4CN=C3)cn2)CN(C2CCN(C(=O)c3ccnc(C(F)(F)F)c3F)CC2)C1. The van der Waals surface area contributed by atoms with Crippen LogP contribution in [0.5, 0.6) is 0 Å². The number of amides is 1. The van der Waals surface area contributed by atoms with Gasteiger partial charge in [0.25, 0.3) is 5.91 Å². The Labute approximate surface area is 226 Å². The number of allylic oxidation sites excluding steroid dienone is 2. The quantitative estimate of drug-likeness (QED) is 0.529. The van der Waals surface area contributed by atoms with Gasteiger partial charge in [-0.1, -0.05) is 0 Å². The Morgan fingerprint density at radius 2 is 1.98 bits per heavy atom. The fourth-order valence-electron chi connectivity index (χ4n) is 5.85. The molecular formula is C27H24F4N8O. The number of dihydropyridines is 1. The molecule has 0 N–H and O–H groups in total. The first-order chi connectivity index (χ1) is 19.2. The van der Waals surface area contributed by atoms with Gasteiger partial charge in [0, 0.05) is 73.7 Å². The highest BCUT2D eigenvalue weighted by Crippen LogP contribution is 2.37. The number of piperidine rings is 1. The van der Waals surface area contributed by atoms with Gasteiger partial charge in [0.15, 0.2) is 11.5 Å². The zero-order valence-corrected chi connectivity index (χ0v) is 21.3. The number of nitrogens with zero attached hydrogens (tertiary/aromatic N) is 8. The summed E-state index contributed by atoms with van der Waals surface area (Å²) in [6.07, 6.45) is 6.52. The van der Waals surface area contributed by atoms with Gasteiger partial charge in [-0.05, 0) is 25.0 Å². The third kappa shape index (κ3) is 4.42. The summed E-state index contributed by atoms with van der Waals surface area (Å²) in [7, 11) is 0. The number of carbonyl (C=O) groups is 1. The van der Waals surface area contributed by atoms with Crippen molar-refractivity contribution in [2.45, 2.75) is 37.0 Å². The molecule has 0 aliphatic carbocycles. The molecule has 0 aromatic carbocycles. The van der Waals surface area contributed by atoms with Crippen molar-refractivity contribution in [1.29, 1.82) is 5.26 Å². The summed E-state index contributed by atoms with van der Waals surface area (Å²) < 4.78 is 55.4. The van der Waals surface area contributed by atoms with Crippen molar-refractivity contribution in [3.63, 3.8) is 0 Å². The number of aliphatic imine (C=N–C) groups is 2. The van der Waals surface area contributed by atoms with Gasteiger partial charge in [0.1, 0.15) is 5.54 Å². The number of rotatable bonds is 5. The number of aromatic nitrogens is 3. The maximum Gasteiger partial charge on any atom is 0.436 e. The Hall–Kier alpha value is -4.18. The number of carbonyl (C=O) groups excluding carboxylic acids is 1. The normalized spacial score (nSPS) is 20.8. The van der Waals surface area contributed by atoms with Crippen molar-refractivity contribution in [3.05, 3.63) is 65.1 Å². The van der Waals surface area contributed by atoms with Gasteiger partial charge in [0.2, 0.25) is 0 Å². The molecular weight excluding hydrogens is 528 g/mol. The number of hydrogen-bond acceptors (Lipinski definition) is 7. The fourth-order valence-corrected chi connectivity index (χ4v) is 5.85. The van der Waals surface area contributed by atoms with Crippen LogP contribution in [0, 0.1) is 17.1 Å². The van der Waals surface area contributed by atoms with Crippen molar-refractivity contribution >= 4 is 23.4 Å². The summed E-state index contributed by atoms with van der Waals surface area (Å²) in [5.41, 5.74) is 0.984. The van der Waals surface area contributed by atoms with Crippen LogP contribution in [0.4, 0.5) is 17.6 Å². The largest absolute Gasteiger partial charge is 0.436 e. The second-order valence-electron chi connectivity index (χ2n) is 10.4. The number of alkyl halides is 3. The molecule has 1 amide bonds. The number of halogens is 4. The number of hydrogen-bond donors (Lipinski definition) is 0. The van der Waals surface area contributed by atoms with Crippen molar-refractivity contribution < 1.29 is 22.4 Å². The van der Waals surface area contributed by atoms with E-state index >= 15 is 0 Å². The first-order valence-electron chi connectivity index (χ1n) is 12.9. The molecule has 6 heterocycles. The van der Waals surface area contributed by atoms with Crippen molar-refractivity contribution in [1.82, 2.24) is 24.6 Å². The average molecular weight is 553 g/mol. The third-order valence-electron chi connectivity index (χ3n) is 7.97. The summed E-state index contributed by atoms with van der Waals surface area (Å²) in [5, 5.41) is 14.2. The van der Waals surface area contributed by atoms with E-state index in [9.17, 15) is 27.6 Å². The van der Waals surface area contributed by atoms with Crippen LogP contribution >= 0.6 is 0 Å². The van der Waals surface area contributed by atoms with Gasteiger partial charge in [-0.25, -0.2) is 9.37 Å². The molecule has 0 bridgehead atoms. The number of fused-ring (bicyclic) bond motifs is 1. The summed E-state index contributed by atoms with van der Waals surface area (Å²) in [5.74, 6) is -2.42. The molecule has 2 fully saturated rings. The van der Waals surface area contributed by atoms with E-state index in [0.717, 1.165) is 34.7 Å². The second-order valence-corrected chi connectivity index (χ2v) is 10.4. The number of nitriles is 1. The molecule has 4 aliphatic rings. The minimum atomic E-state index is -4.98. The lowest BCUT2D eigenvalue weighted by molar-refractivity contribution is -0.143. The summed E-state index contributed by atoms with van der Waals surface area (Å²) in [6, 6.07) is 3.39. The van der Waals surface area contributed by atoms with E-state index in [2.05, 4.69) is 31.0 Å². The van der Waals surface area contributed by atoms with E-state index in [0.29, 0.717) is 32.5 Å². The molecule has 4 aliphatic heterocycles.